The molecule has 0 unspecified atom stereocenters. The predicted octanol–water partition coefficient (Wildman–Crippen LogP) is 2.32. The van der Waals surface area contributed by atoms with Crippen LogP contribution in [0.15, 0.2) is 24.0 Å². The maximum atomic E-state index is 5.15. The van der Waals surface area contributed by atoms with Gasteiger partial charge in [0, 0.05) is 37.6 Å². The van der Waals surface area contributed by atoms with E-state index >= 15 is 0 Å². The third-order valence-electron chi connectivity index (χ3n) is 3.78. The maximum Gasteiger partial charge on any atom is 0.122 e. The summed E-state index contributed by atoms with van der Waals surface area (Å²) in [5.41, 5.74) is 0. The second-order valence-corrected chi connectivity index (χ2v) is 5.95. The Morgan fingerprint density at radius 3 is 3.15 bits per heavy atom. The average molecular weight is 292 g/mol. The molecular weight excluding hydrogens is 272 g/mol. The van der Waals surface area contributed by atoms with Crippen molar-refractivity contribution < 1.29 is 4.74 Å². The van der Waals surface area contributed by atoms with Crippen molar-refractivity contribution in [3.8, 4) is 0 Å². The number of hydrogen-bond donors (Lipinski definition) is 0. The molecule has 3 heterocycles. The van der Waals surface area contributed by atoms with Gasteiger partial charge in [-0.15, -0.1) is 11.3 Å². The van der Waals surface area contributed by atoms with Crippen LogP contribution in [0.3, 0.4) is 0 Å². The van der Waals surface area contributed by atoms with Crippen molar-refractivity contribution in [1.82, 2.24) is 19.4 Å². The molecule has 0 bridgehead atoms. The first-order valence-corrected chi connectivity index (χ1v) is 7.89. The number of aromatic nitrogens is 3. The molecule has 1 aliphatic rings. The number of ether oxygens (including phenoxy) is 1. The van der Waals surface area contributed by atoms with Gasteiger partial charge in [-0.3, -0.25) is 4.90 Å². The molecule has 0 aromatic carbocycles. The molecule has 2 aromatic rings. The van der Waals surface area contributed by atoms with Crippen molar-refractivity contribution in [1.29, 1.82) is 0 Å². The Morgan fingerprint density at radius 1 is 1.40 bits per heavy atom. The van der Waals surface area contributed by atoms with E-state index in [-0.39, 0.29) is 0 Å². The van der Waals surface area contributed by atoms with E-state index in [2.05, 4.69) is 24.8 Å². The molecule has 1 atom stereocenters. The predicted molar refractivity (Wildman–Crippen MR) is 78.6 cm³/mol. The minimum absolute atomic E-state index is 0.461. The lowest BCUT2D eigenvalue weighted by Crippen LogP contribution is -2.25. The molecule has 20 heavy (non-hydrogen) atoms. The minimum Gasteiger partial charge on any atom is -0.383 e. The van der Waals surface area contributed by atoms with Crippen molar-refractivity contribution in [2.75, 3.05) is 20.3 Å². The topological polar surface area (TPSA) is 43.2 Å². The molecule has 6 heteroatoms. The summed E-state index contributed by atoms with van der Waals surface area (Å²) in [5.74, 6) is 1.12. The fraction of sp³-hybridized carbons (Fsp3) is 0.571. The van der Waals surface area contributed by atoms with Gasteiger partial charge in [0.2, 0.25) is 0 Å². The zero-order valence-corrected chi connectivity index (χ0v) is 12.6. The molecule has 0 N–H and O–H groups in total. The summed E-state index contributed by atoms with van der Waals surface area (Å²) in [7, 11) is 1.73. The molecule has 0 aliphatic carbocycles. The highest BCUT2D eigenvalue weighted by Crippen LogP contribution is 2.33. The average Bonchev–Trinajstić information content (AvgIpc) is 3.18. The van der Waals surface area contributed by atoms with E-state index in [1.807, 2.05) is 18.6 Å². The molecule has 108 valence electrons. The van der Waals surface area contributed by atoms with Crippen LogP contribution >= 0.6 is 11.3 Å². The van der Waals surface area contributed by atoms with Gasteiger partial charge in [0.05, 0.1) is 19.2 Å². The largest absolute Gasteiger partial charge is 0.383 e. The molecule has 1 fully saturated rings. The zero-order chi connectivity index (χ0) is 13.8. The highest BCUT2D eigenvalue weighted by atomic mass is 32.1. The third-order valence-corrected chi connectivity index (χ3v) is 4.66. The Balaban J connectivity index is 1.69. The highest BCUT2D eigenvalue weighted by Gasteiger charge is 2.28. The lowest BCUT2D eigenvalue weighted by molar-refractivity contribution is 0.182. The minimum atomic E-state index is 0.461. The van der Waals surface area contributed by atoms with Crippen LogP contribution in [0.2, 0.25) is 0 Å². The van der Waals surface area contributed by atoms with Gasteiger partial charge in [-0.05, 0) is 19.4 Å². The van der Waals surface area contributed by atoms with Gasteiger partial charge in [-0.2, -0.15) is 0 Å². The van der Waals surface area contributed by atoms with E-state index in [0.29, 0.717) is 6.04 Å². The second-order valence-electron chi connectivity index (χ2n) is 5.03. The molecule has 0 saturated carbocycles. The number of methoxy groups -OCH3 is 1. The van der Waals surface area contributed by atoms with Gasteiger partial charge in [-0.1, -0.05) is 0 Å². The van der Waals surface area contributed by atoms with E-state index in [0.717, 1.165) is 32.1 Å². The van der Waals surface area contributed by atoms with Gasteiger partial charge < -0.3 is 9.30 Å². The smallest absolute Gasteiger partial charge is 0.122 e. The molecule has 1 aliphatic heterocycles. The first-order valence-electron chi connectivity index (χ1n) is 7.01. The summed E-state index contributed by atoms with van der Waals surface area (Å²) in [6.07, 6.45) is 8.24. The Morgan fingerprint density at radius 2 is 2.35 bits per heavy atom. The monoisotopic (exact) mass is 292 g/mol. The standard InChI is InChI=1S/C14H20N4OS/c1-19-9-8-17-7-4-15-13(17)11-18-6-2-3-12(18)14-16-5-10-20-14/h4-5,7,10,12H,2-3,6,8-9,11H2,1H3/t12-/m1/s1. The van der Waals surface area contributed by atoms with Crippen molar-refractivity contribution in [3.05, 3.63) is 34.8 Å². The van der Waals surface area contributed by atoms with Gasteiger partial charge in [0.1, 0.15) is 10.8 Å². The number of rotatable bonds is 6. The summed E-state index contributed by atoms with van der Waals surface area (Å²) >= 11 is 1.75. The summed E-state index contributed by atoms with van der Waals surface area (Å²) < 4.78 is 7.33. The zero-order valence-electron chi connectivity index (χ0n) is 11.7. The van der Waals surface area contributed by atoms with Crippen molar-refractivity contribution in [2.45, 2.75) is 32.0 Å². The molecule has 1 saturated heterocycles. The van der Waals surface area contributed by atoms with Crippen molar-refractivity contribution in [3.63, 3.8) is 0 Å². The lowest BCUT2D eigenvalue weighted by Gasteiger charge is -2.22. The Labute approximate surface area is 123 Å². The van der Waals surface area contributed by atoms with Crippen LogP contribution < -0.4 is 0 Å². The molecule has 0 radical (unpaired) electrons. The molecule has 0 spiro atoms. The second kappa shape index (κ2) is 6.47. The lowest BCUT2D eigenvalue weighted by atomic mass is 10.2. The summed E-state index contributed by atoms with van der Waals surface area (Å²) in [6, 6.07) is 0.461. The van der Waals surface area contributed by atoms with Crippen LogP contribution in [0.4, 0.5) is 0 Å². The molecule has 0 amide bonds. The van der Waals surface area contributed by atoms with E-state index in [1.54, 1.807) is 18.4 Å². The maximum absolute atomic E-state index is 5.15. The van der Waals surface area contributed by atoms with Crippen LogP contribution in [-0.4, -0.2) is 39.7 Å². The van der Waals surface area contributed by atoms with Crippen LogP contribution in [0.1, 0.15) is 29.7 Å². The number of hydrogen-bond acceptors (Lipinski definition) is 5. The van der Waals surface area contributed by atoms with Crippen molar-refractivity contribution in [2.24, 2.45) is 0 Å². The Kier molecular flexibility index (Phi) is 4.44. The first kappa shape index (κ1) is 13.7. The molecular formula is C14H20N4OS. The summed E-state index contributed by atoms with van der Waals surface area (Å²) in [6.45, 7) is 3.60. The Hall–Kier alpha value is -1.24. The van der Waals surface area contributed by atoms with Gasteiger partial charge >= 0.3 is 0 Å². The van der Waals surface area contributed by atoms with Gasteiger partial charge in [0.15, 0.2) is 0 Å². The van der Waals surface area contributed by atoms with E-state index in [1.165, 1.54) is 17.8 Å². The third kappa shape index (κ3) is 2.92. The molecule has 5 nitrogen and oxygen atoms in total. The summed E-state index contributed by atoms with van der Waals surface area (Å²) in [4.78, 5) is 11.5. The van der Waals surface area contributed by atoms with Crippen LogP contribution in [0.5, 0.6) is 0 Å². The van der Waals surface area contributed by atoms with E-state index in [4.69, 9.17) is 4.74 Å². The van der Waals surface area contributed by atoms with E-state index in [9.17, 15) is 0 Å². The SMILES string of the molecule is COCCn1ccnc1CN1CCC[C@@H]1c1nccs1. The fourth-order valence-corrected chi connectivity index (χ4v) is 3.57. The highest BCUT2D eigenvalue weighted by molar-refractivity contribution is 7.09. The number of nitrogens with zero attached hydrogens (tertiary/aromatic N) is 4. The quantitative estimate of drug-likeness (QED) is 0.819. The van der Waals surface area contributed by atoms with Crippen LogP contribution in [0, 0.1) is 0 Å². The number of thiazole rings is 1. The van der Waals surface area contributed by atoms with Crippen molar-refractivity contribution >= 4 is 11.3 Å². The van der Waals surface area contributed by atoms with Gasteiger partial charge in [0.25, 0.3) is 0 Å². The van der Waals surface area contributed by atoms with Crippen LogP contribution in [0.25, 0.3) is 0 Å². The fourth-order valence-electron chi connectivity index (χ4n) is 2.76. The normalized spacial score (nSPS) is 19.8. The molecule has 2 aromatic heterocycles. The van der Waals surface area contributed by atoms with Gasteiger partial charge in [-0.25, -0.2) is 9.97 Å². The first-order chi connectivity index (χ1) is 9.88. The van der Waals surface area contributed by atoms with E-state index < -0.39 is 0 Å². The summed E-state index contributed by atoms with van der Waals surface area (Å²) in [5, 5.41) is 3.29. The number of imidazole rings is 1. The molecule has 3 rings (SSSR count). The van der Waals surface area contributed by atoms with Crippen LogP contribution in [-0.2, 0) is 17.8 Å². The Bertz CT molecular complexity index is 525. The number of likely N-dealkylation sites (tertiary alicyclic amines) is 1.